The van der Waals surface area contributed by atoms with Crippen LogP contribution in [0.3, 0.4) is 0 Å². The standard InChI is InChI=1S/C9H12N2/c10-7-9(4-5-9)8-3-1-2-6-11-8/h1-3,6H,4-5,7,10H2. The second-order valence-corrected chi connectivity index (χ2v) is 3.20. The molecule has 1 heterocycles. The van der Waals surface area contributed by atoms with Crippen molar-refractivity contribution in [2.75, 3.05) is 6.54 Å². The molecule has 0 aliphatic heterocycles. The molecule has 0 atom stereocenters. The number of aromatic nitrogens is 1. The maximum Gasteiger partial charge on any atom is 0.0477 e. The van der Waals surface area contributed by atoms with Crippen LogP contribution in [0, 0.1) is 0 Å². The van der Waals surface area contributed by atoms with Crippen molar-refractivity contribution in [3.8, 4) is 0 Å². The Bertz CT molecular complexity index is 239. The van der Waals surface area contributed by atoms with Gasteiger partial charge in [-0.2, -0.15) is 0 Å². The van der Waals surface area contributed by atoms with Crippen LogP contribution in [0.2, 0.25) is 0 Å². The van der Waals surface area contributed by atoms with Crippen LogP contribution < -0.4 is 5.73 Å². The van der Waals surface area contributed by atoms with E-state index in [1.165, 1.54) is 18.5 Å². The molecule has 0 bridgehead atoms. The van der Waals surface area contributed by atoms with Crippen LogP contribution in [-0.4, -0.2) is 11.5 Å². The monoisotopic (exact) mass is 148 g/mol. The summed E-state index contributed by atoms with van der Waals surface area (Å²) < 4.78 is 0. The summed E-state index contributed by atoms with van der Waals surface area (Å²) >= 11 is 0. The molecule has 58 valence electrons. The summed E-state index contributed by atoms with van der Waals surface area (Å²) in [4.78, 5) is 4.30. The topological polar surface area (TPSA) is 38.9 Å². The van der Waals surface area contributed by atoms with Crippen LogP contribution >= 0.6 is 0 Å². The van der Waals surface area contributed by atoms with Crippen molar-refractivity contribution in [3.63, 3.8) is 0 Å². The second-order valence-electron chi connectivity index (χ2n) is 3.20. The Hall–Kier alpha value is -0.890. The molecule has 2 rings (SSSR count). The molecule has 0 aromatic carbocycles. The van der Waals surface area contributed by atoms with Crippen LogP contribution in [0.1, 0.15) is 18.5 Å². The fraction of sp³-hybridized carbons (Fsp3) is 0.444. The molecule has 0 amide bonds. The van der Waals surface area contributed by atoms with Gasteiger partial charge in [-0.15, -0.1) is 0 Å². The zero-order valence-electron chi connectivity index (χ0n) is 6.46. The van der Waals surface area contributed by atoms with E-state index in [1.807, 2.05) is 18.3 Å². The number of hydrogen-bond donors (Lipinski definition) is 1. The van der Waals surface area contributed by atoms with Crippen LogP contribution in [0.4, 0.5) is 0 Å². The van der Waals surface area contributed by atoms with E-state index in [9.17, 15) is 0 Å². The Kier molecular flexibility index (Phi) is 1.43. The summed E-state index contributed by atoms with van der Waals surface area (Å²) in [5, 5.41) is 0. The van der Waals surface area contributed by atoms with Crippen LogP contribution in [0.5, 0.6) is 0 Å². The Morgan fingerprint density at radius 2 is 2.27 bits per heavy atom. The van der Waals surface area contributed by atoms with Gasteiger partial charge >= 0.3 is 0 Å². The first-order valence-corrected chi connectivity index (χ1v) is 3.99. The Balaban J connectivity index is 2.30. The highest BCUT2D eigenvalue weighted by molar-refractivity contribution is 5.24. The minimum atomic E-state index is 0.251. The van der Waals surface area contributed by atoms with Gasteiger partial charge in [-0.25, -0.2) is 0 Å². The summed E-state index contributed by atoms with van der Waals surface area (Å²) in [7, 11) is 0. The molecule has 11 heavy (non-hydrogen) atoms. The molecule has 0 saturated heterocycles. The van der Waals surface area contributed by atoms with Gasteiger partial charge in [0.2, 0.25) is 0 Å². The van der Waals surface area contributed by atoms with Crippen LogP contribution in [0.25, 0.3) is 0 Å². The molecular formula is C9H12N2. The van der Waals surface area contributed by atoms with E-state index in [1.54, 1.807) is 0 Å². The van der Waals surface area contributed by atoms with Gasteiger partial charge in [0.1, 0.15) is 0 Å². The summed E-state index contributed by atoms with van der Waals surface area (Å²) in [6.07, 6.45) is 4.26. The average Bonchev–Trinajstić information content (AvgIpc) is 2.86. The summed E-state index contributed by atoms with van der Waals surface area (Å²) in [5.41, 5.74) is 7.08. The van der Waals surface area contributed by atoms with E-state index in [4.69, 9.17) is 5.73 Å². The van der Waals surface area contributed by atoms with Crippen LogP contribution in [0.15, 0.2) is 24.4 Å². The van der Waals surface area contributed by atoms with E-state index in [0.717, 1.165) is 6.54 Å². The predicted octanol–water partition coefficient (Wildman–Crippen LogP) is 1.07. The van der Waals surface area contributed by atoms with Gasteiger partial charge in [0.05, 0.1) is 0 Å². The molecule has 0 radical (unpaired) electrons. The molecule has 2 nitrogen and oxygen atoms in total. The largest absolute Gasteiger partial charge is 0.330 e. The van der Waals surface area contributed by atoms with Crippen LogP contribution in [-0.2, 0) is 5.41 Å². The number of pyridine rings is 1. The van der Waals surface area contributed by atoms with Gasteiger partial charge in [-0.1, -0.05) is 6.07 Å². The van der Waals surface area contributed by atoms with Crippen molar-refractivity contribution in [2.24, 2.45) is 5.73 Å². The highest BCUT2D eigenvalue weighted by Gasteiger charge is 2.43. The van der Waals surface area contributed by atoms with E-state index in [0.29, 0.717) is 0 Å². The maximum absolute atomic E-state index is 5.66. The minimum Gasteiger partial charge on any atom is -0.330 e. The van der Waals surface area contributed by atoms with Gasteiger partial charge in [0.15, 0.2) is 0 Å². The molecule has 0 spiro atoms. The third kappa shape index (κ3) is 1.03. The van der Waals surface area contributed by atoms with E-state index < -0.39 is 0 Å². The number of hydrogen-bond acceptors (Lipinski definition) is 2. The van der Waals surface area contributed by atoms with E-state index in [-0.39, 0.29) is 5.41 Å². The summed E-state index contributed by atoms with van der Waals surface area (Å²) in [6.45, 7) is 0.740. The molecule has 1 aliphatic carbocycles. The smallest absolute Gasteiger partial charge is 0.0477 e. The molecule has 2 heteroatoms. The fourth-order valence-corrected chi connectivity index (χ4v) is 1.39. The summed E-state index contributed by atoms with van der Waals surface area (Å²) in [5.74, 6) is 0. The van der Waals surface area contributed by atoms with Crippen molar-refractivity contribution in [1.82, 2.24) is 4.98 Å². The zero-order chi connectivity index (χ0) is 7.73. The lowest BCUT2D eigenvalue weighted by Gasteiger charge is -2.09. The van der Waals surface area contributed by atoms with E-state index in [2.05, 4.69) is 11.1 Å². The van der Waals surface area contributed by atoms with Crippen molar-refractivity contribution in [2.45, 2.75) is 18.3 Å². The number of rotatable bonds is 2. The molecular weight excluding hydrogens is 136 g/mol. The normalized spacial score (nSPS) is 19.7. The van der Waals surface area contributed by atoms with Gasteiger partial charge in [0, 0.05) is 23.9 Å². The van der Waals surface area contributed by atoms with Crippen molar-refractivity contribution >= 4 is 0 Å². The SMILES string of the molecule is NCC1(c2ccccn2)CC1. The first-order chi connectivity index (χ1) is 5.37. The number of nitrogens with two attached hydrogens (primary N) is 1. The lowest BCUT2D eigenvalue weighted by atomic mass is 10.0. The zero-order valence-corrected chi connectivity index (χ0v) is 6.46. The predicted molar refractivity (Wildman–Crippen MR) is 44.2 cm³/mol. The molecule has 1 fully saturated rings. The van der Waals surface area contributed by atoms with Gasteiger partial charge < -0.3 is 5.73 Å². The molecule has 1 aromatic heterocycles. The average molecular weight is 148 g/mol. The Morgan fingerprint density at radius 1 is 1.45 bits per heavy atom. The molecule has 0 unspecified atom stereocenters. The van der Waals surface area contributed by atoms with Crippen molar-refractivity contribution in [1.29, 1.82) is 0 Å². The first kappa shape index (κ1) is 6.80. The molecule has 1 saturated carbocycles. The molecule has 1 aliphatic rings. The highest BCUT2D eigenvalue weighted by Crippen LogP contribution is 2.45. The van der Waals surface area contributed by atoms with Gasteiger partial charge in [-0.3, -0.25) is 4.98 Å². The molecule has 1 aromatic rings. The maximum atomic E-state index is 5.66. The van der Waals surface area contributed by atoms with Crippen molar-refractivity contribution in [3.05, 3.63) is 30.1 Å². The van der Waals surface area contributed by atoms with Gasteiger partial charge in [0.25, 0.3) is 0 Å². The quantitative estimate of drug-likeness (QED) is 0.681. The minimum absolute atomic E-state index is 0.251. The highest BCUT2D eigenvalue weighted by atomic mass is 14.8. The third-order valence-electron chi connectivity index (χ3n) is 2.45. The third-order valence-corrected chi connectivity index (χ3v) is 2.45. The first-order valence-electron chi connectivity index (χ1n) is 3.99. The van der Waals surface area contributed by atoms with E-state index >= 15 is 0 Å². The number of nitrogens with zero attached hydrogens (tertiary/aromatic N) is 1. The Morgan fingerprint density at radius 3 is 2.73 bits per heavy atom. The van der Waals surface area contributed by atoms with Gasteiger partial charge in [-0.05, 0) is 25.0 Å². The molecule has 2 N–H and O–H groups in total. The lowest BCUT2D eigenvalue weighted by Crippen LogP contribution is -2.20. The second kappa shape index (κ2) is 2.31. The van der Waals surface area contributed by atoms with Crippen molar-refractivity contribution < 1.29 is 0 Å². The Labute approximate surface area is 66.4 Å². The fourth-order valence-electron chi connectivity index (χ4n) is 1.39. The summed E-state index contributed by atoms with van der Waals surface area (Å²) in [6, 6.07) is 6.04. The lowest BCUT2D eigenvalue weighted by molar-refractivity contribution is 0.678.